The summed E-state index contributed by atoms with van der Waals surface area (Å²) >= 11 is 1.55. The molecule has 0 unspecified atom stereocenters. The smallest absolute Gasteiger partial charge is 0.224 e. The number of anilines is 1. The van der Waals surface area contributed by atoms with Crippen molar-refractivity contribution in [3.8, 4) is 22.1 Å². The monoisotopic (exact) mass is 369 g/mol. The van der Waals surface area contributed by atoms with Gasteiger partial charge in [0, 0.05) is 41.5 Å². The molecule has 0 saturated carbocycles. The van der Waals surface area contributed by atoms with Crippen molar-refractivity contribution in [2.24, 2.45) is 0 Å². The molecule has 1 aromatic carbocycles. The summed E-state index contributed by atoms with van der Waals surface area (Å²) in [6.45, 7) is 0. The summed E-state index contributed by atoms with van der Waals surface area (Å²) in [5.74, 6) is 1.12. The van der Waals surface area contributed by atoms with Crippen LogP contribution in [0, 0.1) is 0 Å². The lowest BCUT2D eigenvalue weighted by molar-refractivity contribution is -0.116. The molecule has 0 bridgehead atoms. The van der Waals surface area contributed by atoms with E-state index in [0.717, 1.165) is 16.3 Å². The van der Waals surface area contributed by atoms with E-state index in [1.165, 1.54) is 0 Å². The highest BCUT2D eigenvalue weighted by Gasteiger charge is 2.10. The second-order valence-corrected chi connectivity index (χ2v) is 6.36. The van der Waals surface area contributed by atoms with E-state index in [0.29, 0.717) is 30.0 Å². The van der Waals surface area contributed by atoms with Crippen LogP contribution < -0.4 is 14.8 Å². The van der Waals surface area contributed by atoms with E-state index in [9.17, 15) is 4.79 Å². The second kappa shape index (κ2) is 8.44. The van der Waals surface area contributed by atoms with Crippen molar-refractivity contribution in [3.63, 3.8) is 0 Å². The van der Waals surface area contributed by atoms with E-state index in [1.54, 1.807) is 56.1 Å². The first-order chi connectivity index (χ1) is 12.7. The minimum Gasteiger partial charge on any atom is -0.493 e. The lowest BCUT2D eigenvalue weighted by atomic mass is 10.2. The van der Waals surface area contributed by atoms with Gasteiger partial charge in [-0.2, -0.15) is 0 Å². The van der Waals surface area contributed by atoms with Gasteiger partial charge in [-0.3, -0.25) is 9.78 Å². The lowest BCUT2D eigenvalue weighted by Gasteiger charge is -2.10. The molecule has 134 valence electrons. The van der Waals surface area contributed by atoms with Crippen LogP contribution in [0.25, 0.3) is 10.6 Å². The number of carbonyl (C=O) groups excluding carboxylic acids is 1. The molecule has 6 nitrogen and oxygen atoms in total. The van der Waals surface area contributed by atoms with Crippen molar-refractivity contribution >= 4 is 22.9 Å². The zero-order valence-corrected chi connectivity index (χ0v) is 15.4. The SMILES string of the molecule is COc1ccc(NC(=O)CCc2csc(-c3cccnc3)n2)cc1OC. The van der Waals surface area contributed by atoms with Gasteiger partial charge in [-0.15, -0.1) is 11.3 Å². The second-order valence-electron chi connectivity index (χ2n) is 5.50. The fourth-order valence-corrected chi connectivity index (χ4v) is 3.27. The van der Waals surface area contributed by atoms with Gasteiger partial charge in [-0.25, -0.2) is 4.98 Å². The number of ether oxygens (including phenoxy) is 2. The third kappa shape index (κ3) is 4.37. The highest BCUT2D eigenvalue weighted by atomic mass is 32.1. The molecule has 0 aliphatic carbocycles. The average Bonchev–Trinajstić information content (AvgIpc) is 3.16. The molecular formula is C19H19N3O3S. The Morgan fingerprint density at radius 3 is 2.77 bits per heavy atom. The molecule has 0 fully saturated rings. The molecule has 0 radical (unpaired) electrons. The van der Waals surface area contributed by atoms with E-state index < -0.39 is 0 Å². The molecule has 0 saturated heterocycles. The largest absolute Gasteiger partial charge is 0.493 e. The number of aryl methyl sites for hydroxylation is 1. The Labute approximate surface area is 155 Å². The molecule has 7 heteroatoms. The summed E-state index contributed by atoms with van der Waals surface area (Å²) in [7, 11) is 3.13. The number of nitrogens with zero attached hydrogens (tertiary/aromatic N) is 2. The van der Waals surface area contributed by atoms with Crippen molar-refractivity contribution in [2.75, 3.05) is 19.5 Å². The van der Waals surface area contributed by atoms with Crippen molar-refractivity contribution < 1.29 is 14.3 Å². The zero-order chi connectivity index (χ0) is 18.4. The number of aromatic nitrogens is 2. The van der Waals surface area contributed by atoms with Crippen LogP contribution in [-0.4, -0.2) is 30.1 Å². The van der Waals surface area contributed by atoms with E-state index >= 15 is 0 Å². The molecule has 1 amide bonds. The van der Waals surface area contributed by atoms with E-state index in [4.69, 9.17) is 9.47 Å². The Kier molecular flexibility index (Phi) is 5.80. The number of methoxy groups -OCH3 is 2. The number of pyridine rings is 1. The van der Waals surface area contributed by atoms with Gasteiger partial charge in [-0.05, 0) is 30.7 Å². The Balaban J connectivity index is 1.57. The topological polar surface area (TPSA) is 73.3 Å². The Hall–Kier alpha value is -2.93. The summed E-state index contributed by atoms with van der Waals surface area (Å²) in [6, 6.07) is 9.13. The normalized spacial score (nSPS) is 10.4. The maximum atomic E-state index is 12.2. The van der Waals surface area contributed by atoms with Gasteiger partial charge in [0.1, 0.15) is 5.01 Å². The first kappa shape index (κ1) is 17.9. The molecule has 1 N–H and O–H groups in total. The van der Waals surface area contributed by atoms with Gasteiger partial charge in [-0.1, -0.05) is 0 Å². The molecule has 26 heavy (non-hydrogen) atoms. The van der Waals surface area contributed by atoms with Crippen LogP contribution in [0.1, 0.15) is 12.1 Å². The van der Waals surface area contributed by atoms with Crippen LogP contribution in [0.3, 0.4) is 0 Å². The van der Waals surface area contributed by atoms with Crippen LogP contribution in [0.15, 0.2) is 48.1 Å². The van der Waals surface area contributed by atoms with E-state index in [1.807, 2.05) is 17.5 Å². The molecule has 3 rings (SSSR count). The fourth-order valence-electron chi connectivity index (χ4n) is 2.42. The maximum Gasteiger partial charge on any atom is 0.224 e. The van der Waals surface area contributed by atoms with Gasteiger partial charge in [0.05, 0.1) is 19.9 Å². The predicted octanol–water partition coefficient (Wildman–Crippen LogP) is 3.79. The molecule has 2 aromatic heterocycles. The van der Waals surface area contributed by atoms with Gasteiger partial charge in [0.25, 0.3) is 0 Å². The molecule has 0 atom stereocenters. The predicted molar refractivity (Wildman–Crippen MR) is 102 cm³/mol. The quantitative estimate of drug-likeness (QED) is 0.686. The van der Waals surface area contributed by atoms with Crippen LogP contribution in [0.5, 0.6) is 11.5 Å². The molecule has 0 aliphatic heterocycles. The van der Waals surface area contributed by atoms with Gasteiger partial charge >= 0.3 is 0 Å². The summed E-state index contributed by atoms with van der Waals surface area (Å²) in [5, 5.41) is 5.76. The number of hydrogen-bond acceptors (Lipinski definition) is 6. The van der Waals surface area contributed by atoms with Crippen LogP contribution >= 0.6 is 11.3 Å². The molecular weight excluding hydrogens is 350 g/mol. The van der Waals surface area contributed by atoms with Gasteiger partial charge < -0.3 is 14.8 Å². The number of thiazole rings is 1. The van der Waals surface area contributed by atoms with Crippen LogP contribution in [-0.2, 0) is 11.2 Å². The van der Waals surface area contributed by atoms with Crippen molar-refractivity contribution in [1.29, 1.82) is 0 Å². The summed E-state index contributed by atoms with van der Waals surface area (Å²) < 4.78 is 10.4. The van der Waals surface area contributed by atoms with Gasteiger partial charge in [0.15, 0.2) is 11.5 Å². The lowest BCUT2D eigenvalue weighted by Crippen LogP contribution is -2.12. The van der Waals surface area contributed by atoms with Crippen molar-refractivity contribution in [2.45, 2.75) is 12.8 Å². The Morgan fingerprint density at radius 1 is 1.19 bits per heavy atom. The molecule has 2 heterocycles. The number of carbonyl (C=O) groups is 1. The number of nitrogens with one attached hydrogen (secondary N) is 1. The van der Waals surface area contributed by atoms with E-state index in [-0.39, 0.29) is 5.91 Å². The third-order valence-corrected chi connectivity index (χ3v) is 4.68. The average molecular weight is 369 g/mol. The number of benzene rings is 1. The maximum absolute atomic E-state index is 12.2. The molecule has 0 aliphatic rings. The molecule has 3 aromatic rings. The van der Waals surface area contributed by atoms with Crippen LogP contribution in [0.2, 0.25) is 0 Å². The van der Waals surface area contributed by atoms with Crippen molar-refractivity contribution in [3.05, 3.63) is 53.8 Å². The number of amides is 1. The third-order valence-electron chi connectivity index (χ3n) is 3.74. The number of hydrogen-bond donors (Lipinski definition) is 1. The standard InChI is InChI=1S/C19H19N3O3S/c1-24-16-7-5-14(10-17(16)25-2)21-18(23)8-6-15-12-26-19(22-15)13-4-3-9-20-11-13/h3-5,7,9-12H,6,8H2,1-2H3,(H,21,23). The molecule has 0 spiro atoms. The zero-order valence-electron chi connectivity index (χ0n) is 14.6. The fraction of sp³-hybridized carbons (Fsp3) is 0.211. The van der Waals surface area contributed by atoms with Crippen molar-refractivity contribution in [1.82, 2.24) is 9.97 Å². The summed E-state index contributed by atoms with van der Waals surface area (Å²) in [6.07, 6.45) is 4.45. The van der Waals surface area contributed by atoms with Crippen LogP contribution in [0.4, 0.5) is 5.69 Å². The minimum atomic E-state index is -0.0758. The first-order valence-corrected chi connectivity index (χ1v) is 8.94. The highest BCUT2D eigenvalue weighted by molar-refractivity contribution is 7.13. The van der Waals surface area contributed by atoms with E-state index in [2.05, 4.69) is 15.3 Å². The first-order valence-electron chi connectivity index (χ1n) is 8.06. The summed E-state index contributed by atoms with van der Waals surface area (Å²) in [4.78, 5) is 20.9. The Morgan fingerprint density at radius 2 is 2.04 bits per heavy atom. The minimum absolute atomic E-state index is 0.0758. The number of rotatable bonds is 7. The highest BCUT2D eigenvalue weighted by Crippen LogP contribution is 2.30. The summed E-state index contributed by atoms with van der Waals surface area (Å²) in [5.41, 5.74) is 2.55. The Bertz CT molecular complexity index is 881. The van der Waals surface area contributed by atoms with Gasteiger partial charge in [0.2, 0.25) is 5.91 Å².